The number of non-ortho nitro benzene ring substituents is 1. The molecule has 3 aromatic rings. The van der Waals surface area contributed by atoms with Crippen molar-refractivity contribution in [2.24, 2.45) is 0 Å². The lowest BCUT2D eigenvalue weighted by Gasteiger charge is -2.08. The molecule has 138 valence electrons. The molecule has 6 heteroatoms. The summed E-state index contributed by atoms with van der Waals surface area (Å²) in [5.74, 6) is 0.686. The summed E-state index contributed by atoms with van der Waals surface area (Å²) < 4.78 is 5.75. The molecule has 0 N–H and O–H groups in total. The molecule has 5 nitrogen and oxygen atoms in total. The van der Waals surface area contributed by atoms with E-state index in [1.807, 2.05) is 48.5 Å². The van der Waals surface area contributed by atoms with Crippen LogP contribution in [0.2, 0.25) is 5.02 Å². The van der Waals surface area contributed by atoms with Crippen LogP contribution in [0.1, 0.15) is 16.7 Å². The van der Waals surface area contributed by atoms with E-state index in [-0.39, 0.29) is 5.69 Å². The molecule has 0 amide bonds. The van der Waals surface area contributed by atoms with E-state index in [4.69, 9.17) is 16.3 Å². The van der Waals surface area contributed by atoms with Crippen LogP contribution in [0.5, 0.6) is 5.75 Å². The number of nitro groups is 1. The molecule has 0 aliphatic carbocycles. The zero-order valence-corrected chi connectivity index (χ0v) is 15.5. The Labute approximate surface area is 167 Å². The van der Waals surface area contributed by atoms with Gasteiger partial charge in [0.25, 0.3) is 5.69 Å². The fourth-order valence-electron chi connectivity index (χ4n) is 2.55. The summed E-state index contributed by atoms with van der Waals surface area (Å²) in [7, 11) is 0. The minimum absolute atomic E-state index is 0.0129. The molecule has 0 spiro atoms. The number of halogens is 1. The highest BCUT2D eigenvalue weighted by Gasteiger charge is 2.07. The Balaban J connectivity index is 1.72. The zero-order valence-electron chi connectivity index (χ0n) is 14.7. The normalized spacial score (nSPS) is 10.9. The molecule has 3 rings (SSSR count). The lowest BCUT2D eigenvalue weighted by Crippen LogP contribution is -1.96. The van der Waals surface area contributed by atoms with E-state index >= 15 is 0 Å². The number of allylic oxidation sites excluding steroid dienone is 1. The van der Waals surface area contributed by atoms with Crippen LogP contribution in [-0.2, 0) is 6.61 Å². The van der Waals surface area contributed by atoms with Gasteiger partial charge in [-0.05, 0) is 47.5 Å². The van der Waals surface area contributed by atoms with E-state index in [1.165, 1.54) is 12.1 Å². The zero-order chi connectivity index (χ0) is 19.9. The Morgan fingerprint density at radius 3 is 2.36 bits per heavy atom. The van der Waals surface area contributed by atoms with Gasteiger partial charge in [-0.15, -0.1) is 0 Å². The van der Waals surface area contributed by atoms with Crippen molar-refractivity contribution in [2.45, 2.75) is 6.61 Å². The average molecular weight is 391 g/mol. The third-order valence-electron chi connectivity index (χ3n) is 4.05. The number of rotatable bonds is 6. The molecule has 0 aromatic heterocycles. The molecule has 0 saturated carbocycles. The highest BCUT2D eigenvalue weighted by atomic mass is 35.5. The smallest absolute Gasteiger partial charge is 0.269 e. The van der Waals surface area contributed by atoms with Crippen molar-refractivity contribution in [3.05, 3.63) is 105 Å². The van der Waals surface area contributed by atoms with Crippen molar-refractivity contribution in [2.75, 3.05) is 0 Å². The maximum Gasteiger partial charge on any atom is 0.269 e. The predicted molar refractivity (Wildman–Crippen MR) is 109 cm³/mol. The van der Waals surface area contributed by atoms with Gasteiger partial charge in [0.05, 0.1) is 16.6 Å². The maximum atomic E-state index is 10.7. The number of benzene rings is 3. The van der Waals surface area contributed by atoms with E-state index in [9.17, 15) is 15.4 Å². The maximum absolute atomic E-state index is 10.7. The van der Waals surface area contributed by atoms with Crippen LogP contribution in [0.3, 0.4) is 0 Å². The molecule has 0 heterocycles. The molecular weight excluding hydrogens is 376 g/mol. The van der Waals surface area contributed by atoms with Crippen molar-refractivity contribution in [3.8, 4) is 11.8 Å². The summed E-state index contributed by atoms with van der Waals surface area (Å²) in [6, 6.07) is 22.8. The van der Waals surface area contributed by atoms with Crippen molar-refractivity contribution in [1.82, 2.24) is 0 Å². The average Bonchev–Trinajstić information content (AvgIpc) is 2.72. The van der Waals surface area contributed by atoms with Crippen molar-refractivity contribution in [3.63, 3.8) is 0 Å². The molecule has 0 fully saturated rings. The minimum atomic E-state index is -0.471. The number of nitrogens with zero attached hydrogens (tertiary/aromatic N) is 2. The number of nitriles is 1. The SMILES string of the molecule is N#C/C(=C/c1ccc(OCc2ccccc2Cl)cc1)c1ccc([N+](=O)[O-])cc1. The second kappa shape index (κ2) is 8.85. The molecule has 0 saturated heterocycles. The fourth-order valence-corrected chi connectivity index (χ4v) is 2.74. The number of ether oxygens (including phenoxy) is 1. The third-order valence-corrected chi connectivity index (χ3v) is 4.42. The van der Waals surface area contributed by atoms with Gasteiger partial charge in [-0.25, -0.2) is 0 Å². The molecule has 28 heavy (non-hydrogen) atoms. The van der Waals surface area contributed by atoms with Crippen LogP contribution in [0.15, 0.2) is 72.8 Å². The second-order valence-corrected chi connectivity index (χ2v) is 6.33. The van der Waals surface area contributed by atoms with E-state index < -0.39 is 4.92 Å². The summed E-state index contributed by atoms with van der Waals surface area (Å²) in [6.45, 7) is 0.362. The topological polar surface area (TPSA) is 76.2 Å². The number of hydrogen-bond donors (Lipinski definition) is 0. The van der Waals surface area contributed by atoms with Gasteiger partial charge in [0.2, 0.25) is 0 Å². The van der Waals surface area contributed by atoms with Gasteiger partial charge < -0.3 is 4.74 Å². The van der Waals surface area contributed by atoms with Crippen LogP contribution in [0.4, 0.5) is 5.69 Å². The van der Waals surface area contributed by atoms with E-state index in [0.29, 0.717) is 28.5 Å². The molecule has 3 aromatic carbocycles. The second-order valence-electron chi connectivity index (χ2n) is 5.92. The first-order valence-corrected chi connectivity index (χ1v) is 8.77. The van der Waals surface area contributed by atoms with Crippen LogP contribution in [0, 0.1) is 21.4 Å². The van der Waals surface area contributed by atoms with Crippen LogP contribution in [-0.4, -0.2) is 4.92 Å². The Morgan fingerprint density at radius 1 is 1.07 bits per heavy atom. The lowest BCUT2D eigenvalue weighted by atomic mass is 10.0. The third kappa shape index (κ3) is 4.76. The van der Waals surface area contributed by atoms with Crippen LogP contribution in [0.25, 0.3) is 11.6 Å². The monoisotopic (exact) mass is 390 g/mol. The van der Waals surface area contributed by atoms with Gasteiger partial charge in [0, 0.05) is 22.7 Å². The summed E-state index contributed by atoms with van der Waals surface area (Å²) in [5.41, 5.74) is 2.74. The molecule has 0 bridgehead atoms. The fraction of sp³-hybridized carbons (Fsp3) is 0.0455. The van der Waals surface area contributed by atoms with E-state index in [2.05, 4.69) is 6.07 Å². The van der Waals surface area contributed by atoms with Gasteiger partial charge in [0.1, 0.15) is 12.4 Å². The van der Waals surface area contributed by atoms with Gasteiger partial charge in [0.15, 0.2) is 0 Å². The summed E-state index contributed by atoms with van der Waals surface area (Å²) >= 11 is 6.12. The number of hydrogen-bond acceptors (Lipinski definition) is 4. The van der Waals surface area contributed by atoms with Gasteiger partial charge in [-0.3, -0.25) is 10.1 Å². The molecule has 0 unspecified atom stereocenters. The lowest BCUT2D eigenvalue weighted by molar-refractivity contribution is -0.384. The first-order valence-electron chi connectivity index (χ1n) is 8.40. The first kappa shape index (κ1) is 19.2. The first-order chi connectivity index (χ1) is 13.6. The minimum Gasteiger partial charge on any atom is -0.489 e. The largest absolute Gasteiger partial charge is 0.489 e. The van der Waals surface area contributed by atoms with Gasteiger partial charge >= 0.3 is 0 Å². The van der Waals surface area contributed by atoms with Crippen molar-refractivity contribution in [1.29, 1.82) is 5.26 Å². The Hall–Kier alpha value is -3.62. The highest BCUT2D eigenvalue weighted by molar-refractivity contribution is 6.31. The van der Waals surface area contributed by atoms with E-state index in [1.54, 1.807) is 18.2 Å². The quantitative estimate of drug-likeness (QED) is 0.227. The van der Waals surface area contributed by atoms with Crippen molar-refractivity contribution < 1.29 is 9.66 Å². The van der Waals surface area contributed by atoms with Gasteiger partial charge in [-0.1, -0.05) is 41.9 Å². The molecule has 0 aliphatic heterocycles. The van der Waals surface area contributed by atoms with E-state index in [0.717, 1.165) is 11.1 Å². The predicted octanol–water partition coefficient (Wildman–Crippen LogP) is 5.89. The van der Waals surface area contributed by atoms with Crippen LogP contribution >= 0.6 is 11.6 Å². The van der Waals surface area contributed by atoms with Crippen molar-refractivity contribution >= 4 is 28.9 Å². The standard InChI is InChI=1S/C22H15ClN2O3/c23-22-4-2-1-3-18(22)15-28-21-11-5-16(6-12-21)13-19(14-24)17-7-9-20(10-8-17)25(26)27/h1-13H,15H2/b19-13-. The summed E-state index contributed by atoms with van der Waals surface area (Å²) in [5, 5.41) is 20.8. The Bertz CT molecular complexity index is 1050. The Morgan fingerprint density at radius 2 is 1.75 bits per heavy atom. The Kier molecular flexibility index (Phi) is 6.05. The summed E-state index contributed by atoms with van der Waals surface area (Å²) in [4.78, 5) is 10.3. The molecule has 0 aliphatic rings. The van der Waals surface area contributed by atoms with Crippen LogP contribution < -0.4 is 4.74 Å². The molecular formula is C22H15ClN2O3. The molecule has 0 atom stereocenters. The number of nitro benzene ring substituents is 1. The van der Waals surface area contributed by atoms with Gasteiger partial charge in [-0.2, -0.15) is 5.26 Å². The highest BCUT2D eigenvalue weighted by Crippen LogP contribution is 2.23. The molecule has 0 radical (unpaired) electrons. The summed E-state index contributed by atoms with van der Waals surface area (Å²) in [6.07, 6.45) is 1.72.